The number of nitrogens with zero attached hydrogens (tertiary/aromatic N) is 6. The predicted molar refractivity (Wildman–Crippen MR) is 99.8 cm³/mol. The maximum absolute atomic E-state index is 5.37. The van der Waals surface area contributed by atoms with E-state index in [1.54, 1.807) is 12.6 Å². The summed E-state index contributed by atoms with van der Waals surface area (Å²) in [5.41, 5.74) is 1.28. The normalized spacial score (nSPS) is 33.4. The van der Waals surface area contributed by atoms with E-state index < -0.39 is 0 Å². The number of tetrazole rings is 1. The lowest BCUT2D eigenvalue weighted by Gasteiger charge is -2.61. The van der Waals surface area contributed by atoms with Crippen LogP contribution in [0, 0.1) is 11.8 Å². The molecule has 2 atom stereocenters. The van der Waals surface area contributed by atoms with Crippen molar-refractivity contribution >= 4 is 0 Å². The molecule has 4 bridgehead atoms. The van der Waals surface area contributed by atoms with Crippen molar-refractivity contribution in [1.29, 1.82) is 0 Å². The van der Waals surface area contributed by atoms with Gasteiger partial charge in [0.05, 0.1) is 11.8 Å². The molecular formula is C20H23N7O. The van der Waals surface area contributed by atoms with Crippen molar-refractivity contribution in [1.82, 2.24) is 35.5 Å². The fourth-order valence-corrected chi connectivity index (χ4v) is 6.31. The topological polar surface area (TPSA) is 94.6 Å². The minimum Gasteiger partial charge on any atom is -0.461 e. The van der Waals surface area contributed by atoms with Crippen molar-refractivity contribution < 1.29 is 4.42 Å². The Morgan fingerprint density at radius 2 is 1.96 bits per heavy atom. The van der Waals surface area contributed by atoms with Crippen molar-refractivity contribution in [2.24, 2.45) is 11.8 Å². The average molecular weight is 377 g/mol. The van der Waals surface area contributed by atoms with Gasteiger partial charge < -0.3 is 9.73 Å². The lowest BCUT2D eigenvalue weighted by Crippen LogP contribution is -2.65. The van der Waals surface area contributed by atoms with E-state index >= 15 is 0 Å². The summed E-state index contributed by atoms with van der Waals surface area (Å²) < 4.78 is 5.37. The highest BCUT2D eigenvalue weighted by Crippen LogP contribution is 2.60. The summed E-state index contributed by atoms with van der Waals surface area (Å²) in [5, 5.41) is 16.6. The molecule has 0 saturated heterocycles. The van der Waals surface area contributed by atoms with Crippen molar-refractivity contribution in [2.45, 2.75) is 56.1 Å². The molecule has 3 aromatic heterocycles. The monoisotopic (exact) mass is 377 g/mol. The molecule has 8 nitrogen and oxygen atoms in total. The Hall–Kier alpha value is -2.61. The van der Waals surface area contributed by atoms with E-state index in [-0.39, 0.29) is 11.1 Å². The molecule has 0 amide bonds. The van der Waals surface area contributed by atoms with Crippen LogP contribution in [0.4, 0.5) is 0 Å². The first kappa shape index (κ1) is 16.4. The summed E-state index contributed by atoms with van der Waals surface area (Å²) in [5.74, 6) is 2.82. The molecule has 8 heteroatoms. The lowest BCUT2D eigenvalue weighted by molar-refractivity contribution is -0.0854. The molecule has 0 radical (unpaired) electrons. The second-order valence-corrected chi connectivity index (χ2v) is 8.94. The molecule has 1 N–H and O–H groups in total. The summed E-state index contributed by atoms with van der Waals surface area (Å²) in [4.78, 5) is 10.8. The summed E-state index contributed by atoms with van der Waals surface area (Å²) >= 11 is 0. The molecule has 3 heterocycles. The predicted octanol–water partition coefficient (Wildman–Crippen LogP) is 2.56. The third kappa shape index (κ3) is 2.58. The first-order chi connectivity index (χ1) is 13.7. The van der Waals surface area contributed by atoms with E-state index in [9.17, 15) is 0 Å². The molecule has 4 aliphatic rings. The highest BCUT2D eigenvalue weighted by atomic mass is 16.3. The Labute approximate surface area is 162 Å². The Balaban J connectivity index is 1.21. The number of hydrogen-bond donors (Lipinski definition) is 1. The standard InChI is InChI=1S/C20H23N7O/c1-2-17(28-3-1)18-21-9-16(10-22-18)11-23-19-5-14-4-15(6-19)8-20(7-14,12-19)27-25-13-24-26-27/h1-3,9-10,13-15,23H,4-8,11-12H2. The molecule has 0 aromatic carbocycles. The van der Waals surface area contributed by atoms with Gasteiger partial charge in [0, 0.05) is 30.0 Å². The zero-order chi connectivity index (χ0) is 18.6. The van der Waals surface area contributed by atoms with Crippen LogP contribution in [0.3, 0.4) is 0 Å². The third-order valence-corrected chi connectivity index (χ3v) is 6.92. The molecular weight excluding hydrogens is 354 g/mol. The van der Waals surface area contributed by atoms with Crippen LogP contribution >= 0.6 is 0 Å². The average Bonchev–Trinajstić information content (AvgIpc) is 3.40. The Morgan fingerprint density at radius 3 is 2.64 bits per heavy atom. The van der Waals surface area contributed by atoms with E-state index in [4.69, 9.17) is 4.42 Å². The molecule has 3 aromatic rings. The van der Waals surface area contributed by atoms with Gasteiger partial charge in [0.25, 0.3) is 0 Å². The molecule has 144 valence electrons. The SMILES string of the molecule is c1coc(-c2ncc(CNC34CC5CC(C3)CC(n3ncnn3)(C5)C4)cn2)c1. The number of aromatic nitrogens is 6. The van der Waals surface area contributed by atoms with Crippen LogP contribution in [-0.4, -0.2) is 35.7 Å². The fraction of sp³-hybridized carbons (Fsp3) is 0.550. The van der Waals surface area contributed by atoms with Gasteiger partial charge in [0.2, 0.25) is 0 Å². The van der Waals surface area contributed by atoms with Gasteiger partial charge in [0.1, 0.15) is 0 Å². The van der Waals surface area contributed by atoms with Crippen molar-refractivity contribution in [2.75, 3.05) is 0 Å². The van der Waals surface area contributed by atoms with Crippen LogP contribution in [0.2, 0.25) is 0 Å². The first-order valence-corrected chi connectivity index (χ1v) is 10.1. The quantitative estimate of drug-likeness (QED) is 0.730. The van der Waals surface area contributed by atoms with E-state index in [1.165, 1.54) is 32.1 Å². The minimum absolute atomic E-state index is 0.0349. The van der Waals surface area contributed by atoms with Crippen molar-refractivity contribution in [3.05, 3.63) is 42.7 Å². The van der Waals surface area contributed by atoms with Crippen LogP contribution in [0.1, 0.15) is 44.1 Å². The Bertz CT molecular complexity index is 937. The van der Waals surface area contributed by atoms with Gasteiger partial charge in [0.15, 0.2) is 17.9 Å². The second-order valence-electron chi connectivity index (χ2n) is 8.94. The Kier molecular flexibility index (Phi) is 3.47. The zero-order valence-electron chi connectivity index (χ0n) is 15.7. The summed E-state index contributed by atoms with van der Waals surface area (Å²) in [6.07, 6.45) is 14.3. The van der Waals surface area contributed by atoms with E-state index in [0.29, 0.717) is 11.6 Å². The number of furan rings is 1. The van der Waals surface area contributed by atoms with E-state index in [1.807, 2.05) is 29.3 Å². The molecule has 4 aliphatic carbocycles. The van der Waals surface area contributed by atoms with Gasteiger partial charge in [-0.1, -0.05) is 0 Å². The van der Waals surface area contributed by atoms with Gasteiger partial charge in [-0.05, 0) is 67.7 Å². The molecule has 28 heavy (non-hydrogen) atoms. The van der Waals surface area contributed by atoms with E-state index in [2.05, 4.69) is 30.7 Å². The van der Waals surface area contributed by atoms with Gasteiger partial charge in [-0.3, -0.25) is 0 Å². The zero-order valence-corrected chi connectivity index (χ0v) is 15.7. The molecule has 7 rings (SSSR count). The van der Waals surface area contributed by atoms with Crippen LogP contribution < -0.4 is 5.32 Å². The van der Waals surface area contributed by atoms with Crippen LogP contribution in [0.25, 0.3) is 11.6 Å². The Morgan fingerprint density at radius 1 is 1.14 bits per heavy atom. The molecule has 2 unspecified atom stereocenters. The first-order valence-electron chi connectivity index (χ1n) is 10.1. The molecule has 4 saturated carbocycles. The molecule has 0 aliphatic heterocycles. The van der Waals surface area contributed by atoms with Gasteiger partial charge in [-0.15, -0.1) is 10.2 Å². The minimum atomic E-state index is 0.0349. The van der Waals surface area contributed by atoms with Crippen LogP contribution in [0.15, 0.2) is 41.5 Å². The van der Waals surface area contributed by atoms with Gasteiger partial charge in [-0.25, -0.2) is 9.97 Å². The van der Waals surface area contributed by atoms with Crippen LogP contribution in [-0.2, 0) is 12.1 Å². The molecule has 4 fully saturated rings. The summed E-state index contributed by atoms with van der Waals surface area (Å²) in [6.45, 7) is 0.777. The largest absolute Gasteiger partial charge is 0.461 e. The maximum Gasteiger partial charge on any atom is 0.195 e. The van der Waals surface area contributed by atoms with E-state index in [0.717, 1.165) is 30.4 Å². The smallest absolute Gasteiger partial charge is 0.195 e. The number of hydrogen-bond acceptors (Lipinski definition) is 7. The number of rotatable bonds is 5. The van der Waals surface area contributed by atoms with Crippen molar-refractivity contribution in [3.63, 3.8) is 0 Å². The summed E-state index contributed by atoms with van der Waals surface area (Å²) in [6, 6.07) is 3.72. The lowest BCUT2D eigenvalue weighted by atomic mass is 9.50. The molecule has 0 spiro atoms. The maximum atomic E-state index is 5.37. The highest BCUT2D eigenvalue weighted by Gasteiger charge is 2.59. The third-order valence-electron chi connectivity index (χ3n) is 6.92. The second kappa shape index (κ2) is 5.94. The highest BCUT2D eigenvalue weighted by molar-refractivity contribution is 5.45. The van der Waals surface area contributed by atoms with Gasteiger partial charge >= 0.3 is 0 Å². The number of nitrogens with one attached hydrogen (secondary N) is 1. The van der Waals surface area contributed by atoms with Gasteiger partial charge in [-0.2, -0.15) is 4.80 Å². The van der Waals surface area contributed by atoms with Crippen molar-refractivity contribution in [3.8, 4) is 11.6 Å². The van der Waals surface area contributed by atoms with Crippen LogP contribution in [0.5, 0.6) is 0 Å². The fourth-order valence-electron chi connectivity index (χ4n) is 6.31. The summed E-state index contributed by atoms with van der Waals surface area (Å²) in [7, 11) is 0.